The summed E-state index contributed by atoms with van der Waals surface area (Å²) in [5.74, 6) is -2.15. The molecule has 1 N–H and O–H groups in total. The molecule has 37 heavy (non-hydrogen) atoms. The Labute approximate surface area is 216 Å². The van der Waals surface area contributed by atoms with E-state index in [0.717, 1.165) is 28.0 Å². The lowest BCUT2D eigenvalue weighted by molar-refractivity contribution is -0.143. The SMILES string of the molecule is C=C(C)CN1C(=O)[C@]2(N[C@@H](Cc3ccccc3)[C@H]3C(=O)N(Cc4ccccc4)C(=O)[C@H]32)c2ccccc21. The fourth-order valence-corrected chi connectivity index (χ4v) is 6.40. The molecule has 3 heterocycles. The van der Waals surface area contributed by atoms with Crippen LogP contribution in [0.15, 0.2) is 97.1 Å². The second kappa shape index (κ2) is 8.82. The summed E-state index contributed by atoms with van der Waals surface area (Å²) >= 11 is 0. The quantitative estimate of drug-likeness (QED) is 0.421. The standard InChI is InChI=1S/C31H29N3O3/c1-20(2)18-33-25-16-10-9-15-23(25)31(30(33)37)27-26(24(32-31)17-21-11-5-3-6-12-21)28(35)34(29(27)36)19-22-13-7-4-8-14-22/h3-16,24,26-27,32H,1,17-19H2,2H3/t24-,26+,27-,31-/m0/s1. The molecule has 0 saturated carbocycles. The van der Waals surface area contributed by atoms with E-state index in [-0.39, 0.29) is 30.3 Å². The zero-order valence-electron chi connectivity index (χ0n) is 20.8. The predicted octanol–water partition coefficient (Wildman–Crippen LogP) is 3.82. The van der Waals surface area contributed by atoms with Crippen molar-refractivity contribution in [3.05, 3.63) is 114 Å². The van der Waals surface area contributed by atoms with Crippen molar-refractivity contribution in [3.63, 3.8) is 0 Å². The Kier molecular flexibility index (Phi) is 5.57. The number of carbonyl (C=O) groups excluding carboxylic acids is 3. The first-order valence-electron chi connectivity index (χ1n) is 12.7. The van der Waals surface area contributed by atoms with Crippen molar-refractivity contribution in [1.29, 1.82) is 0 Å². The van der Waals surface area contributed by atoms with E-state index in [9.17, 15) is 14.4 Å². The Bertz CT molecular complexity index is 1400. The summed E-state index contributed by atoms with van der Waals surface area (Å²) in [5, 5.41) is 3.58. The van der Waals surface area contributed by atoms with Gasteiger partial charge in [-0.05, 0) is 30.5 Å². The Morgan fingerprint density at radius 2 is 1.46 bits per heavy atom. The van der Waals surface area contributed by atoms with Crippen LogP contribution in [0.5, 0.6) is 0 Å². The van der Waals surface area contributed by atoms with E-state index in [4.69, 9.17) is 0 Å². The smallest absolute Gasteiger partial charge is 0.253 e. The van der Waals surface area contributed by atoms with Crippen molar-refractivity contribution >= 4 is 23.4 Å². The maximum Gasteiger partial charge on any atom is 0.253 e. The number of hydrogen-bond acceptors (Lipinski definition) is 4. The topological polar surface area (TPSA) is 69.7 Å². The molecule has 3 aromatic carbocycles. The maximum absolute atomic E-state index is 14.3. The molecule has 186 valence electrons. The van der Waals surface area contributed by atoms with Gasteiger partial charge in [-0.2, -0.15) is 0 Å². The molecule has 2 fully saturated rings. The van der Waals surface area contributed by atoms with Crippen LogP contribution in [0.25, 0.3) is 0 Å². The highest BCUT2D eigenvalue weighted by Gasteiger charge is 2.71. The third-order valence-corrected chi connectivity index (χ3v) is 7.87. The van der Waals surface area contributed by atoms with Gasteiger partial charge in [-0.3, -0.25) is 24.6 Å². The van der Waals surface area contributed by atoms with Crippen LogP contribution < -0.4 is 10.2 Å². The second-order valence-corrected chi connectivity index (χ2v) is 10.4. The molecule has 6 rings (SSSR count). The fraction of sp³-hybridized carbons (Fsp3) is 0.258. The van der Waals surface area contributed by atoms with Crippen LogP contribution in [0.2, 0.25) is 0 Å². The lowest BCUT2D eigenvalue weighted by Gasteiger charge is -2.31. The molecule has 3 aliphatic rings. The van der Waals surface area contributed by atoms with Crippen LogP contribution in [0.4, 0.5) is 5.69 Å². The monoisotopic (exact) mass is 491 g/mol. The molecule has 0 aliphatic carbocycles. The van der Waals surface area contributed by atoms with Crippen LogP contribution in [-0.2, 0) is 32.9 Å². The van der Waals surface area contributed by atoms with Crippen molar-refractivity contribution in [3.8, 4) is 0 Å². The van der Waals surface area contributed by atoms with Crippen LogP contribution >= 0.6 is 0 Å². The number of fused-ring (bicyclic) bond motifs is 4. The summed E-state index contributed by atoms with van der Waals surface area (Å²) in [6.45, 7) is 6.46. The van der Waals surface area contributed by atoms with Crippen molar-refractivity contribution in [2.45, 2.75) is 31.5 Å². The van der Waals surface area contributed by atoms with E-state index >= 15 is 0 Å². The van der Waals surface area contributed by atoms with Crippen LogP contribution in [0.1, 0.15) is 23.6 Å². The zero-order valence-corrected chi connectivity index (χ0v) is 20.8. The van der Waals surface area contributed by atoms with E-state index in [2.05, 4.69) is 11.9 Å². The van der Waals surface area contributed by atoms with Gasteiger partial charge < -0.3 is 4.90 Å². The highest BCUT2D eigenvalue weighted by Crippen LogP contribution is 2.55. The van der Waals surface area contributed by atoms with Gasteiger partial charge in [-0.15, -0.1) is 0 Å². The molecule has 2 saturated heterocycles. The first-order valence-corrected chi connectivity index (χ1v) is 12.7. The number of para-hydroxylation sites is 1. The molecule has 0 radical (unpaired) electrons. The lowest BCUT2D eigenvalue weighted by atomic mass is 9.76. The van der Waals surface area contributed by atoms with Gasteiger partial charge in [0.2, 0.25) is 11.8 Å². The zero-order chi connectivity index (χ0) is 25.7. The van der Waals surface area contributed by atoms with Crippen LogP contribution in [0.3, 0.4) is 0 Å². The maximum atomic E-state index is 14.3. The van der Waals surface area contributed by atoms with E-state index in [0.29, 0.717) is 13.0 Å². The molecule has 3 amide bonds. The Hall–Kier alpha value is -4.03. The van der Waals surface area contributed by atoms with Crippen molar-refractivity contribution in [2.75, 3.05) is 11.4 Å². The minimum Gasteiger partial charge on any atom is -0.306 e. The number of imide groups is 1. The van der Waals surface area contributed by atoms with E-state index in [1.54, 1.807) is 4.90 Å². The van der Waals surface area contributed by atoms with Gasteiger partial charge in [0.15, 0.2) is 0 Å². The molecule has 3 aliphatic heterocycles. The molecular formula is C31H29N3O3. The van der Waals surface area contributed by atoms with Crippen molar-refractivity contribution in [2.24, 2.45) is 11.8 Å². The Balaban J connectivity index is 1.47. The number of rotatable bonds is 6. The molecule has 1 spiro atoms. The highest BCUT2D eigenvalue weighted by molar-refractivity contribution is 6.16. The first kappa shape index (κ1) is 23.4. The van der Waals surface area contributed by atoms with Gasteiger partial charge >= 0.3 is 0 Å². The number of amides is 3. The van der Waals surface area contributed by atoms with Gasteiger partial charge in [0.05, 0.1) is 18.4 Å². The molecule has 0 unspecified atom stereocenters. The summed E-state index contributed by atoms with van der Waals surface area (Å²) in [6, 6.07) is 26.7. The number of anilines is 1. The Morgan fingerprint density at radius 1 is 0.838 bits per heavy atom. The van der Waals surface area contributed by atoms with Gasteiger partial charge in [0.1, 0.15) is 5.54 Å². The van der Waals surface area contributed by atoms with Crippen molar-refractivity contribution in [1.82, 2.24) is 10.2 Å². The van der Waals surface area contributed by atoms with E-state index in [1.807, 2.05) is 91.9 Å². The minimum absolute atomic E-state index is 0.190. The van der Waals surface area contributed by atoms with Gasteiger partial charge in [-0.25, -0.2) is 0 Å². The lowest BCUT2D eigenvalue weighted by Crippen LogP contribution is -2.55. The number of benzene rings is 3. The number of hydrogen-bond donors (Lipinski definition) is 1. The molecule has 6 nitrogen and oxygen atoms in total. The molecule has 6 heteroatoms. The largest absolute Gasteiger partial charge is 0.306 e. The average molecular weight is 492 g/mol. The number of likely N-dealkylation sites (tertiary alicyclic amines) is 1. The molecule has 0 bridgehead atoms. The fourth-order valence-electron chi connectivity index (χ4n) is 6.40. The van der Waals surface area contributed by atoms with E-state index < -0.39 is 17.4 Å². The second-order valence-electron chi connectivity index (χ2n) is 10.4. The number of nitrogens with one attached hydrogen (secondary N) is 1. The van der Waals surface area contributed by atoms with Crippen molar-refractivity contribution < 1.29 is 14.4 Å². The summed E-state index contributed by atoms with van der Waals surface area (Å²) in [6.07, 6.45) is 0.540. The summed E-state index contributed by atoms with van der Waals surface area (Å²) in [7, 11) is 0. The molecular weight excluding hydrogens is 462 g/mol. The third kappa shape index (κ3) is 3.55. The van der Waals surface area contributed by atoms with E-state index in [1.165, 1.54) is 4.90 Å². The predicted molar refractivity (Wildman–Crippen MR) is 141 cm³/mol. The number of nitrogens with zero attached hydrogens (tertiary/aromatic N) is 2. The molecule has 3 aromatic rings. The highest BCUT2D eigenvalue weighted by atomic mass is 16.2. The van der Waals surface area contributed by atoms with Gasteiger partial charge in [0.25, 0.3) is 5.91 Å². The summed E-state index contributed by atoms with van der Waals surface area (Å²) in [5.41, 5.74) is 3.00. The molecule has 4 atom stereocenters. The minimum atomic E-state index is -1.30. The summed E-state index contributed by atoms with van der Waals surface area (Å²) < 4.78 is 0. The van der Waals surface area contributed by atoms with Gasteiger partial charge in [0, 0.05) is 23.8 Å². The third-order valence-electron chi connectivity index (χ3n) is 7.87. The normalized spacial score (nSPS) is 26.2. The van der Waals surface area contributed by atoms with Crippen LogP contribution in [0, 0.1) is 11.8 Å². The number of carbonyl (C=O) groups is 3. The Morgan fingerprint density at radius 3 is 2.14 bits per heavy atom. The summed E-state index contributed by atoms with van der Waals surface area (Å²) in [4.78, 5) is 45.5. The van der Waals surface area contributed by atoms with Crippen LogP contribution in [-0.4, -0.2) is 35.2 Å². The van der Waals surface area contributed by atoms with Gasteiger partial charge in [-0.1, -0.05) is 91.0 Å². The molecule has 0 aromatic heterocycles. The average Bonchev–Trinajstić information content (AvgIpc) is 3.45. The first-order chi connectivity index (χ1) is 17.9.